The van der Waals surface area contributed by atoms with Crippen molar-refractivity contribution in [3.63, 3.8) is 0 Å². The van der Waals surface area contributed by atoms with Gasteiger partial charge in [-0.25, -0.2) is 0 Å². The zero-order chi connectivity index (χ0) is 9.26. The summed E-state index contributed by atoms with van der Waals surface area (Å²) in [6, 6.07) is 2.71. The molecule has 1 aromatic heterocycles. The van der Waals surface area contributed by atoms with Crippen LogP contribution in [0.15, 0.2) is 18.5 Å². The lowest BCUT2D eigenvalue weighted by molar-refractivity contribution is 0.482. The first-order valence-corrected chi connectivity index (χ1v) is 4.97. The van der Waals surface area contributed by atoms with Gasteiger partial charge < -0.3 is 5.32 Å². The maximum atomic E-state index is 4.13. The summed E-state index contributed by atoms with van der Waals surface area (Å²) in [5.74, 6) is 0.710. The Hall–Kier alpha value is -1.05. The molecule has 2 heterocycles. The topological polar surface area (TPSA) is 24.9 Å². The van der Waals surface area contributed by atoms with E-state index in [1.165, 1.54) is 24.1 Å². The Morgan fingerprint density at radius 3 is 3.15 bits per heavy atom. The Morgan fingerprint density at radius 1 is 1.54 bits per heavy atom. The number of nitrogens with one attached hydrogen (secondary N) is 1. The highest BCUT2D eigenvalue weighted by Gasteiger charge is 2.19. The summed E-state index contributed by atoms with van der Waals surface area (Å²) in [5, 5.41) is 3.56. The van der Waals surface area contributed by atoms with Crippen molar-refractivity contribution in [3.8, 4) is 0 Å². The van der Waals surface area contributed by atoms with Crippen molar-refractivity contribution in [2.45, 2.75) is 32.7 Å². The highest BCUT2D eigenvalue weighted by atomic mass is 14.9. The Bertz CT molecular complexity index is 294. The number of aromatic nitrogens is 1. The third kappa shape index (κ3) is 1.67. The summed E-state index contributed by atoms with van der Waals surface area (Å²) >= 11 is 0. The first kappa shape index (κ1) is 8.54. The van der Waals surface area contributed by atoms with Crippen LogP contribution in [0.2, 0.25) is 0 Å². The van der Waals surface area contributed by atoms with Crippen LogP contribution >= 0.6 is 0 Å². The summed E-state index contributed by atoms with van der Waals surface area (Å²) in [4.78, 5) is 4.13. The van der Waals surface area contributed by atoms with E-state index in [1.54, 1.807) is 0 Å². The molecule has 2 rings (SSSR count). The van der Waals surface area contributed by atoms with Gasteiger partial charge in [0.15, 0.2) is 0 Å². The van der Waals surface area contributed by atoms with Gasteiger partial charge in [-0.15, -0.1) is 0 Å². The van der Waals surface area contributed by atoms with Gasteiger partial charge in [-0.05, 0) is 30.4 Å². The maximum Gasteiger partial charge on any atom is 0.0405 e. The number of aryl methyl sites for hydroxylation is 1. The fraction of sp³-hybridized carbons (Fsp3) is 0.545. The van der Waals surface area contributed by atoms with Crippen molar-refractivity contribution in [1.82, 2.24) is 4.98 Å². The third-order valence-electron chi connectivity index (χ3n) is 2.77. The molecule has 0 amide bonds. The second kappa shape index (κ2) is 3.36. The number of hydrogen-bond donors (Lipinski definition) is 1. The van der Waals surface area contributed by atoms with Gasteiger partial charge in [-0.3, -0.25) is 4.98 Å². The highest BCUT2D eigenvalue weighted by Crippen LogP contribution is 2.26. The zero-order valence-electron chi connectivity index (χ0n) is 8.25. The summed E-state index contributed by atoms with van der Waals surface area (Å²) in [6.45, 7) is 4.54. The lowest BCUT2D eigenvalue weighted by Crippen LogP contribution is -2.30. The quantitative estimate of drug-likeness (QED) is 0.711. The van der Waals surface area contributed by atoms with Gasteiger partial charge in [-0.2, -0.15) is 0 Å². The number of anilines is 1. The molecule has 0 saturated carbocycles. The zero-order valence-corrected chi connectivity index (χ0v) is 8.25. The van der Waals surface area contributed by atoms with Gasteiger partial charge in [0.05, 0.1) is 0 Å². The molecule has 1 aliphatic heterocycles. The summed E-state index contributed by atoms with van der Waals surface area (Å²) in [6.07, 6.45) is 6.22. The molecule has 0 fully saturated rings. The summed E-state index contributed by atoms with van der Waals surface area (Å²) in [5.41, 5.74) is 2.64. The fourth-order valence-corrected chi connectivity index (χ4v) is 1.85. The van der Waals surface area contributed by atoms with Crippen molar-refractivity contribution in [3.05, 3.63) is 24.0 Å². The molecule has 1 aliphatic rings. The molecule has 0 bridgehead atoms. The summed E-state index contributed by atoms with van der Waals surface area (Å²) in [7, 11) is 0. The number of rotatable bonds is 1. The Labute approximate surface area is 79.4 Å². The van der Waals surface area contributed by atoms with Crippen LogP contribution < -0.4 is 5.32 Å². The smallest absolute Gasteiger partial charge is 0.0405 e. The molecule has 13 heavy (non-hydrogen) atoms. The average Bonchev–Trinajstić information content (AvgIpc) is 2.17. The van der Waals surface area contributed by atoms with Crippen LogP contribution in [0.5, 0.6) is 0 Å². The Balaban J connectivity index is 2.20. The van der Waals surface area contributed by atoms with E-state index in [4.69, 9.17) is 0 Å². The molecule has 0 aromatic carbocycles. The van der Waals surface area contributed by atoms with Gasteiger partial charge in [-0.1, -0.05) is 13.8 Å². The first-order chi connectivity index (χ1) is 6.27. The van der Waals surface area contributed by atoms with Gasteiger partial charge in [0.25, 0.3) is 0 Å². The van der Waals surface area contributed by atoms with Crippen molar-refractivity contribution in [1.29, 1.82) is 0 Å². The van der Waals surface area contributed by atoms with Crippen molar-refractivity contribution >= 4 is 5.69 Å². The second-order valence-corrected chi connectivity index (χ2v) is 4.07. The minimum absolute atomic E-state index is 0.634. The van der Waals surface area contributed by atoms with E-state index in [1.807, 2.05) is 12.4 Å². The second-order valence-electron chi connectivity index (χ2n) is 4.07. The predicted molar refractivity (Wildman–Crippen MR) is 54.8 cm³/mol. The largest absolute Gasteiger partial charge is 0.382 e. The molecule has 1 N–H and O–H groups in total. The normalized spacial score (nSPS) is 21.0. The molecular formula is C11H16N2. The molecule has 0 aliphatic carbocycles. The lowest BCUT2D eigenvalue weighted by atomic mass is 9.92. The van der Waals surface area contributed by atoms with Crippen molar-refractivity contribution in [2.75, 3.05) is 5.32 Å². The predicted octanol–water partition coefficient (Wildman–Crippen LogP) is 2.46. The van der Waals surface area contributed by atoms with Crippen LogP contribution in [0.3, 0.4) is 0 Å². The standard InChI is InChI=1S/C11H16N2/c1-8(2)10-4-3-9-7-12-6-5-11(9)13-10/h5-8,10,13H,3-4H2,1-2H3. The number of pyridine rings is 1. The van der Waals surface area contributed by atoms with E-state index in [0.717, 1.165) is 0 Å². The van der Waals surface area contributed by atoms with E-state index < -0.39 is 0 Å². The van der Waals surface area contributed by atoms with Gasteiger partial charge in [0.1, 0.15) is 0 Å². The number of fused-ring (bicyclic) bond motifs is 1. The minimum atomic E-state index is 0.634. The molecular weight excluding hydrogens is 160 g/mol. The van der Waals surface area contributed by atoms with Gasteiger partial charge >= 0.3 is 0 Å². The Morgan fingerprint density at radius 2 is 2.38 bits per heavy atom. The van der Waals surface area contributed by atoms with E-state index in [-0.39, 0.29) is 0 Å². The van der Waals surface area contributed by atoms with Crippen molar-refractivity contribution < 1.29 is 0 Å². The average molecular weight is 176 g/mol. The van der Waals surface area contributed by atoms with Gasteiger partial charge in [0, 0.05) is 24.1 Å². The van der Waals surface area contributed by atoms with E-state index in [2.05, 4.69) is 30.2 Å². The van der Waals surface area contributed by atoms with Crippen LogP contribution in [-0.4, -0.2) is 11.0 Å². The number of hydrogen-bond acceptors (Lipinski definition) is 2. The molecule has 2 nitrogen and oxygen atoms in total. The van der Waals surface area contributed by atoms with Gasteiger partial charge in [0.2, 0.25) is 0 Å². The Kier molecular flexibility index (Phi) is 2.21. The van der Waals surface area contributed by atoms with Crippen LogP contribution in [0, 0.1) is 5.92 Å². The molecule has 2 heteroatoms. The fourth-order valence-electron chi connectivity index (χ4n) is 1.85. The SMILES string of the molecule is CC(C)C1CCc2cnccc2N1. The van der Waals surface area contributed by atoms with E-state index in [0.29, 0.717) is 12.0 Å². The molecule has 1 unspecified atom stereocenters. The first-order valence-electron chi connectivity index (χ1n) is 4.97. The molecule has 0 spiro atoms. The molecule has 0 radical (unpaired) electrons. The van der Waals surface area contributed by atoms with E-state index in [9.17, 15) is 0 Å². The van der Waals surface area contributed by atoms with E-state index >= 15 is 0 Å². The van der Waals surface area contributed by atoms with Crippen molar-refractivity contribution in [2.24, 2.45) is 5.92 Å². The molecule has 0 saturated heterocycles. The molecule has 70 valence electrons. The maximum absolute atomic E-state index is 4.13. The molecule has 1 aromatic rings. The summed E-state index contributed by atoms with van der Waals surface area (Å²) < 4.78 is 0. The monoisotopic (exact) mass is 176 g/mol. The third-order valence-corrected chi connectivity index (χ3v) is 2.77. The highest BCUT2D eigenvalue weighted by molar-refractivity contribution is 5.52. The van der Waals surface area contributed by atoms with Crippen LogP contribution in [0.4, 0.5) is 5.69 Å². The van der Waals surface area contributed by atoms with Crippen LogP contribution in [0.25, 0.3) is 0 Å². The van der Waals surface area contributed by atoms with Crippen LogP contribution in [-0.2, 0) is 6.42 Å². The van der Waals surface area contributed by atoms with Crippen LogP contribution in [0.1, 0.15) is 25.8 Å². The minimum Gasteiger partial charge on any atom is -0.382 e. The molecule has 1 atom stereocenters. The number of nitrogens with zero attached hydrogens (tertiary/aromatic N) is 1. The lowest BCUT2D eigenvalue weighted by Gasteiger charge is -2.29.